The Kier molecular flexibility index (Phi) is 5.00. The van der Waals surface area contributed by atoms with E-state index in [1.807, 2.05) is 42.5 Å². The summed E-state index contributed by atoms with van der Waals surface area (Å²) in [4.78, 5) is 14.9. The average molecular weight is 343 g/mol. The van der Waals surface area contributed by atoms with Crippen molar-refractivity contribution in [3.8, 4) is 0 Å². The summed E-state index contributed by atoms with van der Waals surface area (Å²) in [5.41, 5.74) is 2.85. The van der Waals surface area contributed by atoms with Crippen molar-refractivity contribution in [2.45, 2.75) is 43.1 Å². The summed E-state index contributed by atoms with van der Waals surface area (Å²) in [7, 11) is -1.22. The van der Waals surface area contributed by atoms with Gasteiger partial charge in [0.2, 0.25) is 0 Å². The summed E-state index contributed by atoms with van der Waals surface area (Å²) in [6.45, 7) is 4.65. The monoisotopic (exact) mass is 343 g/mol. The molecule has 0 bridgehead atoms. The minimum Gasteiger partial charge on any atom is -0.461 e. The number of benzene rings is 2. The van der Waals surface area contributed by atoms with Crippen molar-refractivity contribution in [2.75, 3.05) is 11.4 Å². The summed E-state index contributed by atoms with van der Waals surface area (Å²) >= 11 is 0. The molecule has 1 unspecified atom stereocenters. The Morgan fingerprint density at radius 1 is 1.12 bits per heavy atom. The molecule has 1 aliphatic heterocycles. The van der Waals surface area contributed by atoms with Crippen LogP contribution >= 0.6 is 0 Å². The lowest BCUT2D eigenvalue weighted by Crippen LogP contribution is -2.25. The first-order valence-corrected chi connectivity index (χ1v) is 9.31. The molecule has 0 radical (unpaired) electrons. The molecule has 0 spiro atoms. The highest BCUT2D eigenvalue weighted by molar-refractivity contribution is 7.85. The predicted octanol–water partition coefficient (Wildman–Crippen LogP) is 4.17. The molecule has 24 heavy (non-hydrogen) atoms. The molecule has 2 aromatic carbocycles. The van der Waals surface area contributed by atoms with E-state index in [1.54, 1.807) is 0 Å². The summed E-state index contributed by atoms with van der Waals surface area (Å²) in [5, 5.41) is 0. The van der Waals surface area contributed by atoms with Crippen LogP contribution in [-0.2, 0) is 26.9 Å². The zero-order valence-electron chi connectivity index (χ0n) is 14.0. The Morgan fingerprint density at radius 3 is 2.62 bits per heavy atom. The van der Waals surface area contributed by atoms with Gasteiger partial charge in [-0.05, 0) is 36.2 Å². The quantitative estimate of drug-likeness (QED) is 0.765. The third kappa shape index (κ3) is 3.22. The van der Waals surface area contributed by atoms with Gasteiger partial charge >= 0.3 is 5.97 Å². The molecule has 0 saturated heterocycles. The molecule has 126 valence electrons. The second-order valence-corrected chi connectivity index (χ2v) is 7.24. The lowest BCUT2D eigenvalue weighted by atomic mass is 10.1. The molecule has 5 heteroatoms. The molecule has 1 heterocycles. The van der Waals surface area contributed by atoms with Crippen LogP contribution in [0.15, 0.2) is 52.3 Å². The first-order chi connectivity index (χ1) is 11.6. The number of hydrogen-bond acceptors (Lipinski definition) is 4. The van der Waals surface area contributed by atoms with E-state index in [2.05, 4.69) is 11.8 Å². The van der Waals surface area contributed by atoms with Gasteiger partial charge in [0.15, 0.2) is 0 Å². The van der Waals surface area contributed by atoms with Gasteiger partial charge in [0.05, 0.1) is 32.0 Å². The maximum atomic E-state index is 13.0. The molecule has 0 amide bonds. The molecule has 0 aromatic heterocycles. The SMILES string of the molecule is CCCCN1c2ccccc2S(=O)c2cc(COC(C)=O)ccc21. The molecule has 0 aliphatic carbocycles. The normalized spacial score (nSPS) is 15.6. The van der Waals surface area contributed by atoms with Gasteiger partial charge in [-0.2, -0.15) is 0 Å². The van der Waals surface area contributed by atoms with Crippen LogP contribution in [0.3, 0.4) is 0 Å². The van der Waals surface area contributed by atoms with Gasteiger partial charge in [-0.3, -0.25) is 4.79 Å². The number of carbonyl (C=O) groups is 1. The van der Waals surface area contributed by atoms with Gasteiger partial charge in [0, 0.05) is 13.5 Å². The molecular formula is C19H21NO3S. The number of anilines is 2. The summed E-state index contributed by atoms with van der Waals surface area (Å²) in [5.74, 6) is -0.316. The van der Waals surface area contributed by atoms with Crippen LogP contribution in [0.5, 0.6) is 0 Å². The van der Waals surface area contributed by atoms with E-state index in [1.165, 1.54) is 6.92 Å². The van der Waals surface area contributed by atoms with Gasteiger partial charge in [0.25, 0.3) is 0 Å². The van der Waals surface area contributed by atoms with Crippen LogP contribution in [0.4, 0.5) is 11.4 Å². The van der Waals surface area contributed by atoms with Gasteiger partial charge in [-0.25, -0.2) is 4.21 Å². The van der Waals surface area contributed by atoms with Crippen LogP contribution in [-0.4, -0.2) is 16.7 Å². The highest BCUT2D eigenvalue weighted by atomic mass is 32.2. The number of fused-ring (bicyclic) bond motifs is 2. The number of esters is 1. The Bertz CT molecular complexity index is 788. The number of hydrogen-bond donors (Lipinski definition) is 0. The third-order valence-electron chi connectivity index (χ3n) is 4.05. The van der Waals surface area contributed by atoms with Crippen molar-refractivity contribution in [3.05, 3.63) is 48.0 Å². The fraction of sp³-hybridized carbons (Fsp3) is 0.316. The topological polar surface area (TPSA) is 46.6 Å². The third-order valence-corrected chi connectivity index (χ3v) is 5.52. The molecule has 0 saturated carbocycles. The van der Waals surface area contributed by atoms with Crippen LogP contribution in [0.1, 0.15) is 32.3 Å². The van der Waals surface area contributed by atoms with Crippen LogP contribution in [0.2, 0.25) is 0 Å². The molecule has 1 aliphatic rings. The van der Waals surface area contributed by atoms with E-state index < -0.39 is 10.8 Å². The number of ether oxygens (including phenoxy) is 1. The minimum absolute atomic E-state index is 0.205. The van der Waals surface area contributed by atoms with Crippen molar-refractivity contribution < 1.29 is 13.7 Å². The molecule has 1 atom stereocenters. The van der Waals surface area contributed by atoms with Gasteiger partial charge in [-0.1, -0.05) is 31.5 Å². The average Bonchev–Trinajstić information content (AvgIpc) is 2.60. The van der Waals surface area contributed by atoms with Crippen molar-refractivity contribution >= 4 is 28.1 Å². The smallest absolute Gasteiger partial charge is 0.302 e. The summed E-state index contributed by atoms with van der Waals surface area (Å²) in [6, 6.07) is 13.7. The Hall–Kier alpha value is -2.14. The van der Waals surface area contributed by atoms with E-state index in [9.17, 15) is 9.00 Å². The molecule has 0 fully saturated rings. The second kappa shape index (κ2) is 7.18. The maximum Gasteiger partial charge on any atom is 0.302 e. The number of unbranched alkanes of at least 4 members (excludes halogenated alkanes) is 1. The van der Waals surface area contributed by atoms with Crippen molar-refractivity contribution in [3.63, 3.8) is 0 Å². The Balaban J connectivity index is 2.02. The van der Waals surface area contributed by atoms with Gasteiger partial charge in [-0.15, -0.1) is 0 Å². The van der Waals surface area contributed by atoms with Crippen molar-refractivity contribution in [2.24, 2.45) is 0 Å². The predicted molar refractivity (Wildman–Crippen MR) is 94.9 cm³/mol. The zero-order valence-corrected chi connectivity index (χ0v) is 14.8. The first-order valence-electron chi connectivity index (χ1n) is 8.16. The van der Waals surface area contributed by atoms with Crippen LogP contribution < -0.4 is 4.90 Å². The molecule has 3 rings (SSSR count). The summed E-state index contributed by atoms with van der Waals surface area (Å²) < 4.78 is 18.1. The molecule has 0 N–H and O–H groups in total. The van der Waals surface area contributed by atoms with E-state index in [4.69, 9.17) is 4.74 Å². The Morgan fingerprint density at radius 2 is 1.88 bits per heavy atom. The fourth-order valence-electron chi connectivity index (χ4n) is 2.85. The number of para-hydroxylation sites is 1. The number of rotatable bonds is 5. The van der Waals surface area contributed by atoms with E-state index in [-0.39, 0.29) is 12.6 Å². The van der Waals surface area contributed by atoms with Crippen molar-refractivity contribution in [1.82, 2.24) is 0 Å². The largest absolute Gasteiger partial charge is 0.461 e. The first kappa shape index (κ1) is 16.7. The van der Waals surface area contributed by atoms with Crippen LogP contribution in [0.25, 0.3) is 0 Å². The molecular weight excluding hydrogens is 322 g/mol. The highest BCUT2D eigenvalue weighted by Crippen LogP contribution is 2.42. The fourth-order valence-corrected chi connectivity index (χ4v) is 4.28. The van der Waals surface area contributed by atoms with Crippen LogP contribution in [0, 0.1) is 0 Å². The number of carbonyl (C=O) groups excluding carboxylic acids is 1. The van der Waals surface area contributed by atoms with Crippen molar-refractivity contribution in [1.29, 1.82) is 0 Å². The van der Waals surface area contributed by atoms with Gasteiger partial charge < -0.3 is 9.64 Å². The number of nitrogens with zero attached hydrogens (tertiary/aromatic N) is 1. The maximum absolute atomic E-state index is 13.0. The summed E-state index contributed by atoms with van der Waals surface area (Å²) in [6.07, 6.45) is 2.16. The van der Waals surface area contributed by atoms with E-state index in [0.29, 0.717) is 0 Å². The molecule has 2 aromatic rings. The van der Waals surface area contributed by atoms with Gasteiger partial charge in [0.1, 0.15) is 6.61 Å². The second-order valence-electron chi connectivity index (χ2n) is 5.82. The minimum atomic E-state index is -1.22. The zero-order chi connectivity index (χ0) is 17.1. The Labute approximate surface area is 144 Å². The lowest BCUT2D eigenvalue weighted by molar-refractivity contribution is -0.142. The lowest BCUT2D eigenvalue weighted by Gasteiger charge is -2.33. The van der Waals surface area contributed by atoms with E-state index >= 15 is 0 Å². The standard InChI is InChI=1S/C19H21NO3S/c1-3-4-11-20-16-7-5-6-8-18(16)24(22)19-12-15(9-10-17(19)20)13-23-14(2)21/h5-10,12H,3-4,11,13H2,1-2H3. The van der Waals surface area contributed by atoms with E-state index in [0.717, 1.165) is 46.1 Å². The molecule has 4 nitrogen and oxygen atoms in total. The highest BCUT2D eigenvalue weighted by Gasteiger charge is 2.27.